The number of halogens is 1. The highest BCUT2D eigenvalue weighted by Crippen LogP contribution is 2.26. The maximum atomic E-state index is 12.4. The fourth-order valence-corrected chi connectivity index (χ4v) is 3.12. The highest BCUT2D eigenvalue weighted by molar-refractivity contribution is 6.31. The predicted molar refractivity (Wildman–Crippen MR) is 115 cm³/mol. The topological polar surface area (TPSA) is 64.6 Å². The number of ether oxygens (including phenoxy) is 2. The number of nitrogens with one attached hydrogen (secondary N) is 1. The molecule has 150 valence electrons. The molecule has 0 aliphatic carbocycles. The third kappa shape index (κ3) is 5.06. The van der Waals surface area contributed by atoms with Gasteiger partial charge in [0.25, 0.3) is 5.91 Å². The lowest BCUT2D eigenvalue weighted by atomic mass is 9.98. The van der Waals surface area contributed by atoms with Crippen LogP contribution in [0.5, 0.6) is 5.75 Å². The Labute approximate surface area is 174 Å². The smallest absolute Gasteiger partial charge is 0.313 e. The number of hydrogen-bond donors (Lipinski definition) is 1. The van der Waals surface area contributed by atoms with Crippen LogP contribution in [-0.4, -0.2) is 25.6 Å². The maximum Gasteiger partial charge on any atom is 0.313 e. The first kappa shape index (κ1) is 20.7. The molecule has 3 aromatic carbocycles. The summed E-state index contributed by atoms with van der Waals surface area (Å²) in [6.45, 7) is 3.25. The Morgan fingerprint density at radius 2 is 1.76 bits per heavy atom. The van der Waals surface area contributed by atoms with E-state index in [9.17, 15) is 9.59 Å². The lowest BCUT2D eigenvalue weighted by Crippen LogP contribution is -2.23. The fraction of sp³-hybridized carbons (Fsp3) is 0.217. The summed E-state index contributed by atoms with van der Waals surface area (Å²) < 4.78 is 10.4. The van der Waals surface area contributed by atoms with E-state index in [1.807, 2.05) is 43.3 Å². The molecule has 3 aromatic rings. The largest absolute Gasteiger partial charge is 0.497 e. The van der Waals surface area contributed by atoms with E-state index >= 15 is 0 Å². The van der Waals surface area contributed by atoms with E-state index in [1.165, 1.54) is 0 Å². The molecule has 3 rings (SSSR count). The van der Waals surface area contributed by atoms with Crippen molar-refractivity contribution in [3.8, 4) is 5.75 Å². The summed E-state index contributed by atoms with van der Waals surface area (Å²) in [6.07, 6.45) is 0. The van der Waals surface area contributed by atoms with E-state index in [0.29, 0.717) is 10.7 Å². The normalized spacial score (nSPS) is 11.7. The zero-order valence-electron chi connectivity index (χ0n) is 16.5. The summed E-state index contributed by atoms with van der Waals surface area (Å²) in [4.78, 5) is 24.5. The number of fused-ring (bicyclic) bond motifs is 1. The van der Waals surface area contributed by atoms with Crippen molar-refractivity contribution < 1.29 is 19.1 Å². The van der Waals surface area contributed by atoms with Crippen molar-refractivity contribution in [2.75, 3.05) is 19.0 Å². The minimum Gasteiger partial charge on any atom is -0.497 e. The molecule has 0 fully saturated rings. The van der Waals surface area contributed by atoms with Gasteiger partial charge in [0, 0.05) is 10.7 Å². The van der Waals surface area contributed by atoms with Gasteiger partial charge in [-0.15, -0.1) is 0 Å². The lowest BCUT2D eigenvalue weighted by Gasteiger charge is -2.13. The number of carbonyl (C=O) groups is 2. The van der Waals surface area contributed by atoms with Crippen LogP contribution >= 0.6 is 11.6 Å². The third-order valence-electron chi connectivity index (χ3n) is 4.74. The molecule has 1 N–H and O–H groups in total. The first-order chi connectivity index (χ1) is 13.9. The summed E-state index contributed by atoms with van der Waals surface area (Å²) in [5.74, 6) is -0.599. The van der Waals surface area contributed by atoms with Crippen molar-refractivity contribution in [1.29, 1.82) is 0 Å². The molecule has 5 nitrogen and oxygen atoms in total. The van der Waals surface area contributed by atoms with Crippen LogP contribution in [0.1, 0.15) is 24.0 Å². The highest BCUT2D eigenvalue weighted by atomic mass is 35.5. The summed E-state index contributed by atoms with van der Waals surface area (Å²) in [5.41, 5.74) is 2.28. The summed E-state index contributed by atoms with van der Waals surface area (Å²) in [6, 6.07) is 16.7. The minimum atomic E-state index is -0.498. The van der Waals surface area contributed by atoms with Gasteiger partial charge in [-0.1, -0.05) is 41.9 Å². The van der Waals surface area contributed by atoms with E-state index in [1.54, 1.807) is 32.2 Å². The van der Waals surface area contributed by atoms with Crippen LogP contribution in [0.15, 0.2) is 54.6 Å². The molecule has 29 heavy (non-hydrogen) atoms. The Morgan fingerprint density at radius 3 is 2.52 bits per heavy atom. The lowest BCUT2D eigenvalue weighted by molar-refractivity contribution is -0.148. The summed E-state index contributed by atoms with van der Waals surface area (Å²) in [5, 5.41) is 5.24. The molecule has 0 saturated heterocycles. The molecule has 0 aliphatic rings. The minimum absolute atomic E-state index is 0.361. The average Bonchev–Trinajstić information content (AvgIpc) is 2.73. The molecule has 0 unspecified atom stereocenters. The monoisotopic (exact) mass is 411 g/mol. The van der Waals surface area contributed by atoms with E-state index in [-0.39, 0.29) is 6.61 Å². The standard InChI is InChI=1S/C23H22ClNO4/c1-14-4-8-19(24)12-21(14)25-22(26)13-29-23(27)15(2)16-5-6-18-11-20(28-3)9-7-17(18)10-16/h4-12,15H,13H2,1-3H3,(H,25,26)/t15-/m0/s1. The maximum absolute atomic E-state index is 12.4. The van der Waals surface area contributed by atoms with E-state index in [2.05, 4.69) is 5.32 Å². The van der Waals surface area contributed by atoms with Gasteiger partial charge in [0.2, 0.25) is 0 Å². The van der Waals surface area contributed by atoms with Gasteiger partial charge in [-0.2, -0.15) is 0 Å². The molecule has 1 amide bonds. The van der Waals surface area contributed by atoms with Crippen LogP contribution in [0.4, 0.5) is 5.69 Å². The van der Waals surface area contributed by atoms with Crippen molar-refractivity contribution in [2.45, 2.75) is 19.8 Å². The van der Waals surface area contributed by atoms with E-state index in [4.69, 9.17) is 21.1 Å². The van der Waals surface area contributed by atoms with Crippen LogP contribution in [0, 0.1) is 6.92 Å². The van der Waals surface area contributed by atoms with Crippen molar-refractivity contribution >= 4 is 39.9 Å². The van der Waals surface area contributed by atoms with Crippen LogP contribution in [0.2, 0.25) is 5.02 Å². The third-order valence-corrected chi connectivity index (χ3v) is 4.98. The quantitative estimate of drug-likeness (QED) is 0.573. The second-order valence-electron chi connectivity index (χ2n) is 6.81. The molecule has 0 aromatic heterocycles. The Morgan fingerprint density at radius 1 is 1.03 bits per heavy atom. The SMILES string of the molecule is COc1ccc2cc([C@H](C)C(=O)OCC(=O)Nc3cc(Cl)ccc3C)ccc2c1. The fourth-order valence-electron chi connectivity index (χ4n) is 2.95. The van der Waals surface area contributed by atoms with Gasteiger partial charge in [-0.25, -0.2) is 0 Å². The molecule has 0 radical (unpaired) electrons. The van der Waals surface area contributed by atoms with Crippen molar-refractivity contribution in [1.82, 2.24) is 0 Å². The summed E-state index contributed by atoms with van der Waals surface area (Å²) >= 11 is 5.95. The second kappa shape index (κ2) is 8.97. The Bertz CT molecular complexity index is 1060. The number of carbonyl (C=O) groups excluding carboxylic acids is 2. The Kier molecular flexibility index (Phi) is 6.39. The number of hydrogen-bond acceptors (Lipinski definition) is 4. The van der Waals surface area contributed by atoms with Crippen molar-refractivity contribution in [3.63, 3.8) is 0 Å². The van der Waals surface area contributed by atoms with Crippen molar-refractivity contribution in [3.05, 3.63) is 70.7 Å². The molecule has 0 bridgehead atoms. The highest BCUT2D eigenvalue weighted by Gasteiger charge is 2.19. The first-order valence-electron chi connectivity index (χ1n) is 9.17. The van der Waals surface area contributed by atoms with E-state index in [0.717, 1.165) is 27.6 Å². The van der Waals surface area contributed by atoms with Crippen LogP contribution in [0.25, 0.3) is 10.8 Å². The van der Waals surface area contributed by atoms with Gasteiger partial charge in [-0.05, 0) is 60.0 Å². The zero-order chi connectivity index (χ0) is 21.0. The number of amides is 1. The number of methoxy groups -OCH3 is 1. The van der Waals surface area contributed by atoms with Gasteiger partial charge < -0.3 is 14.8 Å². The summed E-state index contributed by atoms with van der Waals surface area (Å²) in [7, 11) is 1.62. The Hall–Kier alpha value is -3.05. The molecule has 0 heterocycles. The number of rotatable bonds is 6. The molecule has 1 atom stereocenters. The van der Waals surface area contributed by atoms with Crippen LogP contribution in [-0.2, 0) is 14.3 Å². The number of esters is 1. The molecular formula is C23H22ClNO4. The first-order valence-corrected chi connectivity index (χ1v) is 9.55. The molecule has 0 saturated carbocycles. The number of benzene rings is 3. The van der Waals surface area contributed by atoms with Gasteiger partial charge in [0.05, 0.1) is 13.0 Å². The average molecular weight is 412 g/mol. The van der Waals surface area contributed by atoms with Gasteiger partial charge in [-0.3, -0.25) is 9.59 Å². The zero-order valence-corrected chi connectivity index (χ0v) is 17.2. The molecule has 0 aliphatic heterocycles. The molecular weight excluding hydrogens is 390 g/mol. The van der Waals surface area contributed by atoms with Gasteiger partial charge >= 0.3 is 5.97 Å². The van der Waals surface area contributed by atoms with Crippen LogP contribution < -0.4 is 10.1 Å². The molecule has 0 spiro atoms. The molecule has 6 heteroatoms. The number of anilines is 1. The van der Waals surface area contributed by atoms with Gasteiger partial charge in [0.1, 0.15) is 5.75 Å². The van der Waals surface area contributed by atoms with Crippen molar-refractivity contribution in [2.24, 2.45) is 0 Å². The van der Waals surface area contributed by atoms with E-state index < -0.39 is 17.8 Å². The van der Waals surface area contributed by atoms with Crippen LogP contribution in [0.3, 0.4) is 0 Å². The second-order valence-corrected chi connectivity index (χ2v) is 7.25. The van der Waals surface area contributed by atoms with Gasteiger partial charge in [0.15, 0.2) is 6.61 Å². The Balaban J connectivity index is 1.62. The number of aryl methyl sites for hydroxylation is 1. The predicted octanol–water partition coefficient (Wildman–Crippen LogP) is 5.10.